The number of rotatable bonds is 5. The molecule has 8 heteroatoms. The first kappa shape index (κ1) is 18.6. The van der Waals surface area contributed by atoms with Crippen molar-refractivity contribution in [2.45, 2.75) is 35.3 Å². The zero-order valence-corrected chi connectivity index (χ0v) is 15.6. The van der Waals surface area contributed by atoms with Crippen LogP contribution in [0, 0.1) is 0 Å². The first-order valence-corrected chi connectivity index (χ1v) is 9.13. The molecule has 3 N–H and O–H groups in total. The lowest BCUT2D eigenvalue weighted by molar-refractivity contribution is -0.0974. The maximum absolute atomic E-state index is 8.86. The van der Waals surface area contributed by atoms with E-state index in [1.807, 2.05) is 30.3 Å². The maximum Gasteiger partial charge on any atom is 0.221 e. The molecule has 0 aliphatic carbocycles. The molecular formula is C18H22N4O3S. The molecule has 26 heavy (non-hydrogen) atoms. The predicted molar refractivity (Wildman–Crippen MR) is 99.7 cm³/mol. The standard InChI is InChI=1S/C18H22N4O3S/c1-12(22-23)13-3-5-14(6-4-13)26-16-11-15(20-17(19)21-16)18(24-2)7-9-25-10-8-18/h3-6,11,23H,7-10H2,1-2H3,(H2,19,20,21)/b22-12+. The third-order valence-corrected chi connectivity index (χ3v) is 5.45. The minimum atomic E-state index is -0.483. The Balaban J connectivity index is 1.86. The van der Waals surface area contributed by atoms with Crippen molar-refractivity contribution in [2.75, 3.05) is 26.1 Å². The van der Waals surface area contributed by atoms with Gasteiger partial charge < -0.3 is 20.4 Å². The number of nitrogen functional groups attached to an aromatic ring is 1. The van der Waals surface area contributed by atoms with Crippen LogP contribution in [0.4, 0.5) is 5.95 Å². The summed E-state index contributed by atoms with van der Waals surface area (Å²) in [7, 11) is 1.69. The van der Waals surface area contributed by atoms with E-state index in [-0.39, 0.29) is 5.95 Å². The van der Waals surface area contributed by atoms with Crippen molar-refractivity contribution in [1.82, 2.24) is 9.97 Å². The van der Waals surface area contributed by atoms with Gasteiger partial charge in [0.2, 0.25) is 5.95 Å². The summed E-state index contributed by atoms with van der Waals surface area (Å²) in [6, 6.07) is 9.64. The Kier molecular flexibility index (Phi) is 5.75. The van der Waals surface area contributed by atoms with Crippen molar-refractivity contribution in [3.8, 4) is 0 Å². The van der Waals surface area contributed by atoms with Crippen LogP contribution < -0.4 is 5.73 Å². The molecule has 2 heterocycles. The fourth-order valence-corrected chi connectivity index (χ4v) is 3.76. The number of ether oxygens (including phenoxy) is 2. The van der Waals surface area contributed by atoms with Crippen LogP contribution >= 0.6 is 11.8 Å². The van der Waals surface area contributed by atoms with Crippen molar-refractivity contribution < 1.29 is 14.7 Å². The molecule has 0 bridgehead atoms. The van der Waals surface area contributed by atoms with E-state index >= 15 is 0 Å². The van der Waals surface area contributed by atoms with Crippen LogP contribution in [-0.4, -0.2) is 41.2 Å². The van der Waals surface area contributed by atoms with Gasteiger partial charge in [-0.05, 0) is 30.7 Å². The topological polar surface area (TPSA) is 103 Å². The van der Waals surface area contributed by atoms with Gasteiger partial charge in [0, 0.05) is 38.1 Å². The quantitative estimate of drug-likeness (QED) is 0.359. The number of hydrogen-bond acceptors (Lipinski definition) is 8. The fourth-order valence-electron chi connectivity index (χ4n) is 2.94. The van der Waals surface area contributed by atoms with E-state index in [0.29, 0.717) is 18.9 Å². The number of hydrogen-bond donors (Lipinski definition) is 2. The summed E-state index contributed by atoms with van der Waals surface area (Å²) in [5.74, 6) is 0.229. The van der Waals surface area contributed by atoms with Crippen molar-refractivity contribution >= 4 is 23.4 Å². The lowest BCUT2D eigenvalue weighted by atomic mass is 9.90. The van der Waals surface area contributed by atoms with Gasteiger partial charge in [0.1, 0.15) is 10.6 Å². The smallest absolute Gasteiger partial charge is 0.221 e. The molecule has 7 nitrogen and oxygen atoms in total. The minimum Gasteiger partial charge on any atom is -0.411 e. The highest BCUT2D eigenvalue weighted by molar-refractivity contribution is 7.99. The van der Waals surface area contributed by atoms with Gasteiger partial charge in [-0.25, -0.2) is 9.97 Å². The highest BCUT2D eigenvalue weighted by Gasteiger charge is 2.36. The van der Waals surface area contributed by atoms with Crippen molar-refractivity contribution in [2.24, 2.45) is 5.16 Å². The molecule has 0 amide bonds. The van der Waals surface area contributed by atoms with Crippen molar-refractivity contribution in [1.29, 1.82) is 0 Å². The minimum absolute atomic E-state index is 0.229. The van der Waals surface area contributed by atoms with Gasteiger partial charge in [0.05, 0.1) is 11.4 Å². The predicted octanol–water partition coefficient (Wildman–Crippen LogP) is 3.06. The van der Waals surface area contributed by atoms with Gasteiger partial charge in [-0.2, -0.15) is 0 Å². The third kappa shape index (κ3) is 3.98. The monoisotopic (exact) mass is 374 g/mol. The highest BCUT2D eigenvalue weighted by Crippen LogP contribution is 2.37. The Morgan fingerprint density at radius 2 is 1.96 bits per heavy atom. The van der Waals surface area contributed by atoms with Crippen LogP contribution in [0.15, 0.2) is 45.4 Å². The molecule has 1 aliphatic heterocycles. The second-order valence-corrected chi connectivity index (χ2v) is 7.17. The Morgan fingerprint density at radius 3 is 2.58 bits per heavy atom. The van der Waals surface area contributed by atoms with E-state index in [1.54, 1.807) is 14.0 Å². The number of aromatic nitrogens is 2. The molecule has 1 aromatic heterocycles. The number of methoxy groups -OCH3 is 1. The molecule has 1 aliphatic rings. The molecular weight excluding hydrogens is 352 g/mol. The summed E-state index contributed by atoms with van der Waals surface area (Å²) in [5, 5.41) is 12.8. The van der Waals surface area contributed by atoms with Gasteiger partial charge in [-0.15, -0.1) is 0 Å². The zero-order chi connectivity index (χ0) is 18.6. The summed E-state index contributed by atoms with van der Waals surface area (Å²) < 4.78 is 11.3. The molecule has 3 rings (SSSR count). The number of oxime groups is 1. The van der Waals surface area contributed by atoms with Crippen LogP contribution in [0.25, 0.3) is 0 Å². The normalized spacial score (nSPS) is 17.2. The fraction of sp³-hybridized carbons (Fsp3) is 0.389. The maximum atomic E-state index is 8.86. The van der Waals surface area contributed by atoms with E-state index in [9.17, 15) is 0 Å². The summed E-state index contributed by atoms with van der Waals surface area (Å²) in [6.45, 7) is 3.01. The molecule has 0 spiro atoms. The van der Waals surface area contributed by atoms with Crippen molar-refractivity contribution in [3.63, 3.8) is 0 Å². The number of nitrogens with zero attached hydrogens (tertiary/aromatic N) is 3. The summed E-state index contributed by atoms with van der Waals surface area (Å²) in [5.41, 5.74) is 7.68. The van der Waals surface area contributed by atoms with Gasteiger partial charge in [-0.3, -0.25) is 0 Å². The number of nitrogens with two attached hydrogens (primary N) is 1. The second kappa shape index (κ2) is 8.03. The number of benzene rings is 1. The van der Waals surface area contributed by atoms with Gasteiger partial charge in [0.15, 0.2) is 0 Å². The zero-order valence-electron chi connectivity index (χ0n) is 14.8. The van der Waals surface area contributed by atoms with Crippen LogP contribution in [-0.2, 0) is 15.1 Å². The molecule has 138 valence electrons. The lowest BCUT2D eigenvalue weighted by Crippen LogP contribution is -2.36. The Morgan fingerprint density at radius 1 is 1.27 bits per heavy atom. The molecule has 1 saturated heterocycles. The summed E-state index contributed by atoms with van der Waals surface area (Å²) in [6.07, 6.45) is 1.47. The largest absolute Gasteiger partial charge is 0.411 e. The molecule has 0 unspecified atom stereocenters. The Hall–Kier alpha value is -2.16. The highest BCUT2D eigenvalue weighted by atomic mass is 32.2. The van der Waals surface area contributed by atoms with Gasteiger partial charge >= 0.3 is 0 Å². The second-order valence-electron chi connectivity index (χ2n) is 6.07. The number of anilines is 1. The molecule has 1 fully saturated rings. The summed E-state index contributed by atoms with van der Waals surface area (Å²) in [4.78, 5) is 9.76. The molecule has 0 radical (unpaired) electrons. The van der Waals surface area contributed by atoms with Crippen LogP contribution in [0.1, 0.15) is 31.0 Å². The first-order valence-electron chi connectivity index (χ1n) is 8.31. The van der Waals surface area contributed by atoms with Crippen LogP contribution in [0.5, 0.6) is 0 Å². The average Bonchev–Trinajstić information content (AvgIpc) is 2.68. The van der Waals surface area contributed by atoms with E-state index in [0.717, 1.165) is 34.0 Å². The first-order chi connectivity index (χ1) is 12.6. The van der Waals surface area contributed by atoms with Crippen LogP contribution in [0.2, 0.25) is 0 Å². The van der Waals surface area contributed by atoms with E-state index in [4.69, 9.17) is 20.4 Å². The molecule has 0 atom stereocenters. The van der Waals surface area contributed by atoms with Gasteiger partial charge in [-0.1, -0.05) is 29.1 Å². The SMILES string of the molecule is COC1(c2cc(Sc3ccc(/C(C)=N/O)cc3)nc(N)n2)CCOCC1. The third-order valence-electron chi connectivity index (χ3n) is 4.52. The summed E-state index contributed by atoms with van der Waals surface area (Å²) >= 11 is 1.50. The van der Waals surface area contributed by atoms with E-state index in [2.05, 4.69) is 15.1 Å². The molecule has 0 saturated carbocycles. The lowest BCUT2D eigenvalue weighted by Gasteiger charge is -2.35. The van der Waals surface area contributed by atoms with E-state index in [1.165, 1.54) is 11.8 Å². The average molecular weight is 374 g/mol. The van der Waals surface area contributed by atoms with Crippen molar-refractivity contribution in [3.05, 3.63) is 41.6 Å². The van der Waals surface area contributed by atoms with Gasteiger partial charge in [0.25, 0.3) is 0 Å². The molecule has 2 aromatic rings. The molecule has 1 aromatic carbocycles. The van der Waals surface area contributed by atoms with E-state index < -0.39 is 5.60 Å². The Labute approximate surface area is 156 Å². The van der Waals surface area contributed by atoms with Crippen LogP contribution in [0.3, 0.4) is 0 Å². The Bertz CT molecular complexity index is 790.